The van der Waals surface area contributed by atoms with Crippen molar-refractivity contribution in [1.82, 2.24) is 4.98 Å². The zero-order chi connectivity index (χ0) is 9.14. The Morgan fingerprint density at radius 3 is 2.75 bits per heavy atom. The number of amides is 1. The molecule has 1 aromatic rings. The maximum atomic E-state index is 10.7. The summed E-state index contributed by atoms with van der Waals surface area (Å²) in [5, 5.41) is 0. The van der Waals surface area contributed by atoms with Crippen molar-refractivity contribution in [2.24, 2.45) is 5.73 Å². The zero-order valence-electron chi connectivity index (χ0n) is 7.29. The lowest BCUT2D eigenvalue weighted by atomic mass is 10.1. The van der Waals surface area contributed by atoms with Gasteiger partial charge in [-0.05, 0) is 25.0 Å². The van der Waals surface area contributed by atoms with Crippen molar-refractivity contribution in [3.8, 4) is 0 Å². The fourth-order valence-electron chi connectivity index (χ4n) is 1.11. The predicted molar refractivity (Wildman–Crippen MR) is 46.9 cm³/mol. The van der Waals surface area contributed by atoms with Crippen LogP contribution >= 0.6 is 0 Å². The molecule has 0 aliphatic heterocycles. The van der Waals surface area contributed by atoms with Crippen LogP contribution in [-0.4, -0.2) is 10.9 Å². The summed E-state index contributed by atoms with van der Waals surface area (Å²) >= 11 is 0. The van der Waals surface area contributed by atoms with Crippen molar-refractivity contribution in [1.29, 1.82) is 0 Å². The number of aryl methyl sites for hydroxylation is 2. The minimum atomic E-state index is -0.423. The molecule has 0 aromatic carbocycles. The average Bonchev–Trinajstić information content (AvgIpc) is 2.04. The largest absolute Gasteiger partial charge is 0.366 e. The molecule has 0 saturated heterocycles. The Morgan fingerprint density at radius 2 is 2.33 bits per heavy atom. The van der Waals surface area contributed by atoms with Gasteiger partial charge in [0.2, 0.25) is 5.91 Å². The van der Waals surface area contributed by atoms with Gasteiger partial charge >= 0.3 is 0 Å². The quantitative estimate of drug-likeness (QED) is 0.710. The Morgan fingerprint density at radius 1 is 1.67 bits per heavy atom. The van der Waals surface area contributed by atoms with Crippen molar-refractivity contribution < 1.29 is 4.79 Å². The van der Waals surface area contributed by atoms with Crippen LogP contribution in [0.15, 0.2) is 12.3 Å². The number of hydrogen-bond donors (Lipinski definition) is 1. The Labute approximate surface area is 71.6 Å². The summed E-state index contributed by atoms with van der Waals surface area (Å²) in [6.07, 6.45) is 2.40. The number of rotatable bonds is 2. The second-order valence-corrected chi connectivity index (χ2v) is 2.71. The third-order valence-corrected chi connectivity index (χ3v) is 1.81. The molecule has 0 aliphatic rings. The Hall–Kier alpha value is -1.38. The number of primary amides is 1. The van der Waals surface area contributed by atoms with Crippen molar-refractivity contribution in [2.45, 2.75) is 20.3 Å². The predicted octanol–water partition coefficient (Wildman–Crippen LogP) is 1.05. The van der Waals surface area contributed by atoms with Crippen LogP contribution in [0.5, 0.6) is 0 Å². The summed E-state index contributed by atoms with van der Waals surface area (Å²) in [5.74, 6) is -0.423. The lowest BCUT2D eigenvalue weighted by molar-refractivity contribution is 0.1000. The molecular weight excluding hydrogens is 152 g/mol. The van der Waals surface area contributed by atoms with Gasteiger partial charge in [-0.15, -0.1) is 0 Å². The maximum Gasteiger partial charge on any atom is 0.250 e. The van der Waals surface area contributed by atoms with Gasteiger partial charge in [0.25, 0.3) is 0 Å². The smallest absolute Gasteiger partial charge is 0.250 e. The molecule has 1 heterocycles. The van der Waals surface area contributed by atoms with Gasteiger partial charge in [0.05, 0.1) is 5.56 Å². The second-order valence-electron chi connectivity index (χ2n) is 2.71. The van der Waals surface area contributed by atoms with Gasteiger partial charge in [0.1, 0.15) is 0 Å². The summed E-state index contributed by atoms with van der Waals surface area (Å²) in [6.45, 7) is 3.96. The zero-order valence-corrected chi connectivity index (χ0v) is 7.29. The number of carbonyl (C=O) groups is 1. The molecule has 0 spiro atoms. The van der Waals surface area contributed by atoms with Gasteiger partial charge in [-0.25, -0.2) is 0 Å². The Bertz CT molecular complexity index is 307. The van der Waals surface area contributed by atoms with Gasteiger partial charge in [-0.1, -0.05) is 6.92 Å². The molecule has 1 rings (SSSR count). The number of aromatic nitrogens is 1. The first-order chi connectivity index (χ1) is 5.65. The van der Waals surface area contributed by atoms with Crippen molar-refractivity contribution in [3.63, 3.8) is 0 Å². The number of pyridine rings is 1. The summed E-state index contributed by atoms with van der Waals surface area (Å²) in [4.78, 5) is 14.9. The fourth-order valence-corrected chi connectivity index (χ4v) is 1.11. The number of nitrogens with zero attached hydrogens (tertiary/aromatic N) is 1. The number of hydrogen-bond acceptors (Lipinski definition) is 2. The molecule has 1 aromatic heterocycles. The van der Waals surface area contributed by atoms with E-state index in [1.165, 1.54) is 6.20 Å². The van der Waals surface area contributed by atoms with Gasteiger partial charge in [-0.2, -0.15) is 0 Å². The van der Waals surface area contributed by atoms with E-state index in [1.807, 2.05) is 13.8 Å². The molecule has 3 heteroatoms. The molecule has 64 valence electrons. The van der Waals surface area contributed by atoms with Crippen LogP contribution in [0.1, 0.15) is 28.5 Å². The first kappa shape index (κ1) is 8.71. The molecule has 12 heavy (non-hydrogen) atoms. The van der Waals surface area contributed by atoms with Crippen LogP contribution in [0.2, 0.25) is 0 Å². The average molecular weight is 164 g/mol. The molecule has 0 atom stereocenters. The minimum absolute atomic E-state index is 0.423. The molecule has 1 amide bonds. The van der Waals surface area contributed by atoms with E-state index < -0.39 is 5.91 Å². The summed E-state index contributed by atoms with van der Waals surface area (Å²) < 4.78 is 0. The highest BCUT2D eigenvalue weighted by atomic mass is 16.1. The minimum Gasteiger partial charge on any atom is -0.366 e. The molecule has 0 saturated carbocycles. The number of carbonyl (C=O) groups excluding carboxylic acids is 1. The third-order valence-electron chi connectivity index (χ3n) is 1.81. The second kappa shape index (κ2) is 3.34. The highest BCUT2D eigenvalue weighted by Gasteiger charge is 2.03. The van der Waals surface area contributed by atoms with Crippen LogP contribution in [0.25, 0.3) is 0 Å². The van der Waals surface area contributed by atoms with Crippen LogP contribution in [0, 0.1) is 6.92 Å². The summed E-state index contributed by atoms with van der Waals surface area (Å²) in [7, 11) is 0. The molecule has 0 aliphatic carbocycles. The Kier molecular flexibility index (Phi) is 2.43. The van der Waals surface area contributed by atoms with Crippen LogP contribution in [0.4, 0.5) is 0 Å². The van der Waals surface area contributed by atoms with Crippen LogP contribution in [-0.2, 0) is 6.42 Å². The molecular formula is C9H12N2O. The van der Waals surface area contributed by atoms with Gasteiger partial charge in [-0.3, -0.25) is 9.78 Å². The van der Waals surface area contributed by atoms with E-state index >= 15 is 0 Å². The van der Waals surface area contributed by atoms with E-state index in [0.717, 1.165) is 17.7 Å². The molecule has 0 radical (unpaired) electrons. The monoisotopic (exact) mass is 164 g/mol. The first-order valence-electron chi connectivity index (χ1n) is 3.90. The van der Waals surface area contributed by atoms with Gasteiger partial charge in [0.15, 0.2) is 0 Å². The standard InChI is InChI=1S/C9H12N2O/c1-3-8-6(2)4-7(5-11-8)9(10)12/h4-5H,3H2,1-2H3,(H2,10,12). The lowest BCUT2D eigenvalue weighted by Gasteiger charge is -2.02. The normalized spacial score (nSPS) is 9.83. The SMILES string of the molecule is CCc1ncc(C(N)=O)cc1C. The van der Waals surface area contributed by atoms with Gasteiger partial charge in [0, 0.05) is 11.9 Å². The van der Waals surface area contributed by atoms with Crippen molar-refractivity contribution >= 4 is 5.91 Å². The van der Waals surface area contributed by atoms with E-state index in [2.05, 4.69) is 4.98 Å². The van der Waals surface area contributed by atoms with Crippen LogP contribution in [0.3, 0.4) is 0 Å². The van der Waals surface area contributed by atoms with E-state index in [0.29, 0.717) is 5.56 Å². The van der Waals surface area contributed by atoms with E-state index in [1.54, 1.807) is 6.07 Å². The summed E-state index contributed by atoms with van der Waals surface area (Å²) in [5.41, 5.74) is 7.61. The molecule has 0 bridgehead atoms. The van der Waals surface area contributed by atoms with E-state index in [4.69, 9.17) is 5.73 Å². The fraction of sp³-hybridized carbons (Fsp3) is 0.333. The topological polar surface area (TPSA) is 56.0 Å². The van der Waals surface area contributed by atoms with Gasteiger partial charge < -0.3 is 5.73 Å². The Balaban J connectivity index is 3.10. The highest BCUT2D eigenvalue weighted by molar-refractivity contribution is 5.92. The molecule has 0 unspecified atom stereocenters. The van der Waals surface area contributed by atoms with Crippen molar-refractivity contribution in [2.75, 3.05) is 0 Å². The molecule has 2 N–H and O–H groups in total. The van der Waals surface area contributed by atoms with E-state index in [-0.39, 0.29) is 0 Å². The third kappa shape index (κ3) is 1.61. The highest BCUT2D eigenvalue weighted by Crippen LogP contribution is 2.07. The van der Waals surface area contributed by atoms with Crippen molar-refractivity contribution in [3.05, 3.63) is 29.1 Å². The number of nitrogens with two attached hydrogens (primary N) is 1. The molecule has 0 fully saturated rings. The molecule has 3 nitrogen and oxygen atoms in total. The maximum absolute atomic E-state index is 10.7. The van der Waals surface area contributed by atoms with Crippen LogP contribution < -0.4 is 5.73 Å². The van der Waals surface area contributed by atoms with E-state index in [9.17, 15) is 4.79 Å². The summed E-state index contributed by atoms with van der Waals surface area (Å²) in [6, 6.07) is 1.77. The lowest BCUT2D eigenvalue weighted by Crippen LogP contribution is -2.12. The first-order valence-corrected chi connectivity index (χ1v) is 3.90.